The van der Waals surface area contributed by atoms with E-state index in [-0.39, 0.29) is 12.0 Å². The van der Waals surface area contributed by atoms with Crippen LogP contribution in [-0.2, 0) is 11.0 Å². The molecule has 1 aromatic rings. The van der Waals surface area contributed by atoms with Gasteiger partial charge in [0.15, 0.2) is 0 Å². The van der Waals surface area contributed by atoms with E-state index in [1.807, 2.05) is 0 Å². The predicted octanol–water partition coefficient (Wildman–Crippen LogP) is 4.62. The van der Waals surface area contributed by atoms with Gasteiger partial charge in [0, 0.05) is 5.57 Å². The Labute approximate surface area is 125 Å². The van der Waals surface area contributed by atoms with Crippen LogP contribution >= 0.6 is 0 Å². The molecule has 114 valence electrons. The van der Waals surface area contributed by atoms with Gasteiger partial charge in [-0.15, -0.1) is 0 Å². The quantitative estimate of drug-likeness (QED) is 0.885. The number of aliphatic carboxylic acids is 1. The molecule has 1 aliphatic carbocycles. The normalized spacial score (nSPS) is 15.4. The maximum Gasteiger partial charge on any atom is 0.416 e. The van der Waals surface area contributed by atoms with E-state index < -0.39 is 17.7 Å². The minimum Gasteiger partial charge on any atom is -0.478 e. The standard InChI is InChI=1S/C17H13F3O2/c18-17(19,20)14-7-4-5-12(11-14)9-10-13-6-2-1-3-8-15(13)16(21)22/h1-7,9-11H,8H2,(H,21,22). The van der Waals surface area contributed by atoms with Crippen LogP contribution in [0.15, 0.2) is 65.8 Å². The minimum atomic E-state index is -4.40. The second-order valence-electron chi connectivity index (χ2n) is 4.69. The van der Waals surface area contributed by atoms with Gasteiger partial charge in [0.2, 0.25) is 0 Å². The molecular formula is C17H13F3O2. The number of hydrogen-bond donors (Lipinski definition) is 1. The molecular weight excluding hydrogens is 293 g/mol. The number of allylic oxidation sites excluding steroid dienone is 6. The third kappa shape index (κ3) is 3.97. The number of hydrogen-bond acceptors (Lipinski definition) is 1. The maximum atomic E-state index is 12.7. The van der Waals surface area contributed by atoms with E-state index in [0.29, 0.717) is 11.1 Å². The number of carboxylic acid groups (broad SMARTS) is 1. The first-order valence-corrected chi connectivity index (χ1v) is 6.53. The Hall–Kier alpha value is -2.56. The van der Waals surface area contributed by atoms with E-state index in [1.165, 1.54) is 24.3 Å². The molecule has 0 amide bonds. The average molecular weight is 306 g/mol. The van der Waals surface area contributed by atoms with Crippen LogP contribution < -0.4 is 0 Å². The molecule has 22 heavy (non-hydrogen) atoms. The Morgan fingerprint density at radius 1 is 1.18 bits per heavy atom. The summed E-state index contributed by atoms with van der Waals surface area (Å²) < 4.78 is 38.0. The predicted molar refractivity (Wildman–Crippen MR) is 78.0 cm³/mol. The number of carboxylic acids is 1. The highest BCUT2D eigenvalue weighted by atomic mass is 19.4. The van der Waals surface area contributed by atoms with Crippen molar-refractivity contribution < 1.29 is 23.1 Å². The molecule has 0 unspecified atom stereocenters. The lowest BCUT2D eigenvalue weighted by Crippen LogP contribution is -2.04. The molecule has 0 saturated carbocycles. The number of rotatable bonds is 3. The fourth-order valence-electron chi connectivity index (χ4n) is 2.01. The highest BCUT2D eigenvalue weighted by molar-refractivity contribution is 5.89. The third-order valence-corrected chi connectivity index (χ3v) is 3.12. The fraction of sp³-hybridized carbons (Fsp3) is 0.118. The van der Waals surface area contributed by atoms with Gasteiger partial charge in [-0.1, -0.05) is 48.6 Å². The van der Waals surface area contributed by atoms with E-state index in [0.717, 1.165) is 12.1 Å². The summed E-state index contributed by atoms with van der Waals surface area (Å²) in [6.07, 6.45) is 5.62. The van der Waals surface area contributed by atoms with Crippen molar-refractivity contribution in [2.45, 2.75) is 12.6 Å². The molecule has 2 nitrogen and oxygen atoms in total. The lowest BCUT2D eigenvalue weighted by atomic mass is 10.0. The van der Waals surface area contributed by atoms with Crippen LogP contribution in [0.4, 0.5) is 13.2 Å². The van der Waals surface area contributed by atoms with Crippen LogP contribution in [-0.4, -0.2) is 11.1 Å². The number of benzene rings is 1. The third-order valence-electron chi connectivity index (χ3n) is 3.12. The lowest BCUT2D eigenvalue weighted by Gasteiger charge is -2.07. The summed E-state index contributed by atoms with van der Waals surface area (Å²) in [5.41, 5.74) is 0.293. The van der Waals surface area contributed by atoms with Crippen molar-refractivity contribution in [3.05, 3.63) is 76.9 Å². The largest absolute Gasteiger partial charge is 0.478 e. The second kappa shape index (κ2) is 6.47. The van der Waals surface area contributed by atoms with Crippen molar-refractivity contribution in [1.29, 1.82) is 0 Å². The highest BCUT2D eigenvalue weighted by Crippen LogP contribution is 2.30. The van der Waals surface area contributed by atoms with E-state index >= 15 is 0 Å². The molecule has 0 fully saturated rings. The van der Waals surface area contributed by atoms with Crippen molar-refractivity contribution in [2.24, 2.45) is 0 Å². The molecule has 0 radical (unpaired) electrons. The zero-order valence-corrected chi connectivity index (χ0v) is 11.5. The molecule has 1 aliphatic rings. The van der Waals surface area contributed by atoms with Crippen molar-refractivity contribution >= 4 is 12.0 Å². The molecule has 0 saturated heterocycles. The summed E-state index contributed by atoms with van der Waals surface area (Å²) in [6, 6.07) is 4.87. The highest BCUT2D eigenvalue weighted by Gasteiger charge is 2.30. The Morgan fingerprint density at radius 3 is 2.64 bits per heavy atom. The monoisotopic (exact) mass is 306 g/mol. The summed E-state index contributed by atoms with van der Waals surface area (Å²) in [4.78, 5) is 11.2. The Balaban J connectivity index is 2.33. The zero-order chi connectivity index (χ0) is 16.2. The molecule has 0 aliphatic heterocycles. The van der Waals surface area contributed by atoms with Crippen molar-refractivity contribution in [1.82, 2.24) is 0 Å². The van der Waals surface area contributed by atoms with Gasteiger partial charge in [0.25, 0.3) is 0 Å². The summed E-state index contributed by atoms with van der Waals surface area (Å²) in [7, 11) is 0. The fourth-order valence-corrected chi connectivity index (χ4v) is 2.01. The molecule has 5 heteroatoms. The van der Waals surface area contributed by atoms with Crippen LogP contribution in [0.2, 0.25) is 0 Å². The Kier molecular flexibility index (Phi) is 4.65. The van der Waals surface area contributed by atoms with Gasteiger partial charge in [-0.3, -0.25) is 0 Å². The van der Waals surface area contributed by atoms with Gasteiger partial charge in [-0.2, -0.15) is 13.2 Å². The summed E-state index contributed by atoms with van der Waals surface area (Å²) in [6.45, 7) is 0. The van der Waals surface area contributed by atoms with Gasteiger partial charge >= 0.3 is 12.1 Å². The number of halogens is 3. The first-order valence-electron chi connectivity index (χ1n) is 6.53. The van der Waals surface area contributed by atoms with Crippen LogP contribution in [0.1, 0.15) is 17.5 Å². The average Bonchev–Trinajstić information content (AvgIpc) is 2.70. The molecule has 1 aromatic carbocycles. The molecule has 1 N–H and O–H groups in total. The van der Waals surface area contributed by atoms with Gasteiger partial charge in [-0.05, 0) is 29.7 Å². The van der Waals surface area contributed by atoms with Crippen LogP contribution in [0.25, 0.3) is 6.08 Å². The van der Waals surface area contributed by atoms with E-state index in [9.17, 15) is 23.1 Å². The van der Waals surface area contributed by atoms with Crippen molar-refractivity contribution in [3.63, 3.8) is 0 Å². The molecule has 0 atom stereocenters. The first kappa shape index (κ1) is 15.8. The maximum absolute atomic E-state index is 12.7. The van der Waals surface area contributed by atoms with Gasteiger partial charge in [0.1, 0.15) is 0 Å². The topological polar surface area (TPSA) is 37.3 Å². The number of carbonyl (C=O) groups is 1. The van der Waals surface area contributed by atoms with Gasteiger partial charge < -0.3 is 5.11 Å². The summed E-state index contributed by atoms with van der Waals surface area (Å²) >= 11 is 0. The zero-order valence-electron chi connectivity index (χ0n) is 11.5. The molecule has 0 spiro atoms. The second-order valence-corrected chi connectivity index (χ2v) is 4.69. The van der Waals surface area contributed by atoms with Gasteiger partial charge in [-0.25, -0.2) is 4.79 Å². The summed E-state index contributed by atoms with van der Waals surface area (Å²) in [5, 5.41) is 9.17. The van der Waals surface area contributed by atoms with Crippen LogP contribution in [0.5, 0.6) is 0 Å². The van der Waals surface area contributed by atoms with Crippen molar-refractivity contribution in [2.75, 3.05) is 0 Å². The molecule has 2 rings (SSSR count). The van der Waals surface area contributed by atoms with Gasteiger partial charge in [0.05, 0.1) is 5.56 Å². The van der Waals surface area contributed by atoms with Crippen LogP contribution in [0, 0.1) is 0 Å². The first-order chi connectivity index (χ1) is 10.4. The van der Waals surface area contributed by atoms with Crippen LogP contribution in [0.3, 0.4) is 0 Å². The molecule has 0 bridgehead atoms. The molecule has 0 aromatic heterocycles. The van der Waals surface area contributed by atoms with E-state index in [4.69, 9.17) is 0 Å². The Bertz CT molecular complexity index is 692. The minimum absolute atomic E-state index is 0.202. The lowest BCUT2D eigenvalue weighted by molar-refractivity contribution is -0.137. The summed E-state index contributed by atoms with van der Waals surface area (Å²) in [5.74, 6) is -1.04. The SMILES string of the molecule is O=C(O)C1=C(C=Cc2cccc(C(F)(F)F)c2)C=CC=CC1. The van der Waals surface area contributed by atoms with E-state index in [1.54, 1.807) is 24.3 Å². The van der Waals surface area contributed by atoms with E-state index in [2.05, 4.69) is 0 Å². The van der Waals surface area contributed by atoms with Crippen molar-refractivity contribution in [3.8, 4) is 0 Å². The number of alkyl halides is 3. The smallest absolute Gasteiger partial charge is 0.416 e. The Morgan fingerprint density at radius 2 is 1.95 bits per heavy atom. The molecule has 0 heterocycles.